The Balaban J connectivity index is 1.75. The summed E-state index contributed by atoms with van der Waals surface area (Å²) >= 11 is 0. The van der Waals surface area contributed by atoms with Crippen molar-refractivity contribution in [3.05, 3.63) is 60.2 Å². The van der Waals surface area contributed by atoms with Crippen molar-refractivity contribution < 1.29 is 0 Å². The van der Waals surface area contributed by atoms with Gasteiger partial charge < -0.3 is 0 Å². The lowest BCUT2D eigenvalue weighted by molar-refractivity contribution is 0.251. The van der Waals surface area contributed by atoms with Crippen molar-refractivity contribution in [2.24, 2.45) is 5.92 Å². The highest BCUT2D eigenvalue weighted by Crippen LogP contribution is 2.31. The van der Waals surface area contributed by atoms with Crippen LogP contribution in [0.25, 0.3) is 21.5 Å². The summed E-state index contributed by atoms with van der Waals surface area (Å²) in [6.07, 6.45) is 11.2. The van der Waals surface area contributed by atoms with E-state index in [0.717, 1.165) is 25.6 Å². The number of hydrogen-bond acceptors (Lipinski definition) is 1. The van der Waals surface area contributed by atoms with Gasteiger partial charge in [-0.15, -0.1) is 6.42 Å². The van der Waals surface area contributed by atoms with Crippen LogP contribution in [-0.2, 0) is 6.54 Å². The molecule has 0 N–H and O–H groups in total. The monoisotopic (exact) mass is 327 g/mol. The fourth-order valence-corrected chi connectivity index (χ4v) is 4.37. The molecular weight excluding hydrogens is 302 g/mol. The minimum Gasteiger partial charge on any atom is -0.288 e. The molecule has 0 aromatic heterocycles. The molecule has 0 aliphatic heterocycles. The molecule has 1 heteroatoms. The molecule has 0 atom stereocenters. The Morgan fingerprint density at radius 3 is 2.12 bits per heavy atom. The Morgan fingerprint density at radius 1 is 0.920 bits per heavy atom. The Kier molecular flexibility index (Phi) is 4.72. The quantitative estimate of drug-likeness (QED) is 0.434. The Morgan fingerprint density at radius 2 is 1.52 bits per heavy atom. The summed E-state index contributed by atoms with van der Waals surface area (Å²) in [5.74, 6) is 3.70. The van der Waals surface area contributed by atoms with Gasteiger partial charge in [-0.25, -0.2) is 0 Å². The normalized spacial score (nSPS) is 15.2. The molecule has 1 saturated carbocycles. The lowest BCUT2D eigenvalue weighted by Gasteiger charge is -2.25. The fraction of sp³-hybridized carbons (Fsp3) is 0.333. The molecule has 126 valence electrons. The molecule has 1 aliphatic rings. The van der Waals surface area contributed by atoms with Crippen LogP contribution in [0.3, 0.4) is 0 Å². The molecular formula is C24H25N. The molecule has 4 rings (SSSR count). The molecule has 0 unspecified atom stereocenters. The van der Waals surface area contributed by atoms with Crippen LogP contribution in [0.2, 0.25) is 0 Å². The van der Waals surface area contributed by atoms with Gasteiger partial charge in [0, 0.05) is 13.1 Å². The van der Waals surface area contributed by atoms with Crippen molar-refractivity contribution in [2.45, 2.75) is 32.2 Å². The third-order valence-electron chi connectivity index (χ3n) is 5.57. The van der Waals surface area contributed by atoms with Crippen molar-refractivity contribution in [3.63, 3.8) is 0 Å². The number of rotatable bonds is 5. The molecule has 0 amide bonds. The van der Waals surface area contributed by atoms with Crippen molar-refractivity contribution in [1.29, 1.82) is 0 Å². The minimum atomic E-state index is 0.730. The third-order valence-corrected chi connectivity index (χ3v) is 5.57. The maximum atomic E-state index is 5.69. The van der Waals surface area contributed by atoms with Crippen molar-refractivity contribution in [3.8, 4) is 12.3 Å². The van der Waals surface area contributed by atoms with E-state index in [4.69, 9.17) is 6.42 Å². The van der Waals surface area contributed by atoms with Crippen LogP contribution in [0.15, 0.2) is 54.6 Å². The average Bonchev–Trinajstić information content (AvgIpc) is 3.15. The molecule has 3 aromatic carbocycles. The smallest absolute Gasteiger partial charge is 0.0601 e. The average molecular weight is 327 g/mol. The summed E-state index contributed by atoms with van der Waals surface area (Å²) in [7, 11) is 0. The first-order valence-corrected chi connectivity index (χ1v) is 9.40. The summed E-state index contributed by atoms with van der Waals surface area (Å²) in [4.78, 5) is 2.48. The van der Waals surface area contributed by atoms with E-state index in [1.807, 2.05) is 0 Å². The van der Waals surface area contributed by atoms with Crippen LogP contribution in [0.1, 0.15) is 31.2 Å². The second-order valence-corrected chi connectivity index (χ2v) is 7.32. The lowest BCUT2D eigenvalue weighted by Crippen LogP contribution is -2.29. The lowest BCUT2D eigenvalue weighted by atomic mass is 9.96. The zero-order valence-electron chi connectivity index (χ0n) is 14.7. The highest BCUT2D eigenvalue weighted by atomic mass is 15.1. The molecule has 25 heavy (non-hydrogen) atoms. The van der Waals surface area contributed by atoms with E-state index in [1.165, 1.54) is 52.8 Å². The highest BCUT2D eigenvalue weighted by Gasteiger charge is 2.19. The molecule has 1 fully saturated rings. The second-order valence-electron chi connectivity index (χ2n) is 7.32. The van der Waals surface area contributed by atoms with Gasteiger partial charge in [-0.2, -0.15) is 0 Å². The van der Waals surface area contributed by atoms with Crippen LogP contribution < -0.4 is 0 Å². The number of hydrogen-bond donors (Lipinski definition) is 0. The van der Waals surface area contributed by atoms with Crippen molar-refractivity contribution in [2.75, 3.05) is 13.1 Å². The number of fused-ring (bicyclic) bond motifs is 2. The molecule has 0 saturated heterocycles. The predicted octanol–water partition coefficient (Wildman–Crippen LogP) is 5.62. The maximum absolute atomic E-state index is 5.69. The third kappa shape index (κ3) is 3.41. The first-order chi connectivity index (χ1) is 12.3. The molecule has 1 aliphatic carbocycles. The van der Waals surface area contributed by atoms with Gasteiger partial charge >= 0.3 is 0 Å². The zero-order valence-corrected chi connectivity index (χ0v) is 14.7. The van der Waals surface area contributed by atoms with Gasteiger partial charge in [0.05, 0.1) is 6.54 Å². The van der Waals surface area contributed by atoms with Crippen LogP contribution in [0.5, 0.6) is 0 Å². The van der Waals surface area contributed by atoms with Gasteiger partial charge in [0.2, 0.25) is 0 Å². The first-order valence-electron chi connectivity index (χ1n) is 9.40. The van der Waals surface area contributed by atoms with E-state index in [1.54, 1.807) is 0 Å². The summed E-state index contributed by atoms with van der Waals surface area (Å²) < 4.78 is 0. The second kappa shape index (κ2) is 7.30. The molecule has 0 heterocycles. The van der Waals surface area contributed by atoms with Gasteiger partial charge in [0.25, 0.3) is 0 Å². The number of terminal acetylenes is 1. The summed E-state index contributed by atoms with van der Waals surface area (Å²) in [5, 5.41) is 5.35. The van der Waals surface area contributed by atoms with Gasteiger partial charge in [0.1, 0.15) is 0 Å². The zero-order chi connectivity index (χ0) is 17.1. The van der Waals surface area contributed by atoms with Crippen molar-refractivity contribution >= 4 is 21.5 Å². The molecule has 0 radical (unpaired) electrons. The summed E-state index contributed by atoms with van der Waals surface area (Å²) in [6.45, 7) is 2.79. The van der Waals surface area contributed by atoms with Crippen LogP contribution in [-0.4, -0.2) is 18.0 Å². The molecule has 0 bridgehead atoms. The standard InChI is InChI=1S/C24H25N/c1-2-15-25(17-19-9-3-4-10-19)18-24-22-13-7-5-11-20(22)16-21-12-6-8-14-23(21)24/h1,5-8,11-14,16,19H,3-4,9-10,15,17-18H2. The van der Waals surface area contributed by atoms with Gasteiger partial charge in [-0.05, 0) is 51.9 Å². The van der Waals surface area contributed by atoms with E-state index in [0.29, 0.717) is 0 Å². The Hall–Kier alpha value is -2.30. The Labute approximate surface area is 150 Å². The van der Waals surface area contributed by atoms with Crippen molar-refractivity contribution in [1.82, 2.24) is 4.90 Å². The number of benzene rings is 3. The number of nitrogens with zero attached hydrogens (tertiary/aromatic N) is 1. The van der Waals surface area contributed by atoms with E-state index >= 15 is 0 Å². The van der Waals surface area contributed by atoms with E-state index in [9.17, 15) is 0 Å². The van der Waals surface area contributed by atoms with Crippen LogP contribution in [0.4, 0.5) is 0 Å². The fourth-order valence-electron chi connectivity index (χ4n) is 4.37. The molecule has 0 spiro atoms. The van der Waals surface area contributed by atoms with Gasteiger partial charge in [-0.3, -0.25) is 4.90 Å². The molecule has 3 aromatic rings. The van der Waals surface area contributed by atoms with Crippen LogP contribution in [0, 0.1) is 18.3 Å². The van der Waals surface area contributed by atoms with E-state index in [-0.39, 0.29) is 0 Å². The first kappa shape index (κ1) is 16.2. The minimum absolute atomic E-state index is 0.730. The van der Waals surface area contributed by atoms with E-state index in [2.05, 4.69) is 65.4 Å². The van der Waals surface area contributed by atoms with Crippen LogP contribution >= 0.6 is 0 Å². The van der Waals surface area contributed by atoms with E-state index < -0.39 is 0 Å². The SMILES string of the molecule is C#CCN(Cc1c2ccccc2cc2ccccc12)CC1CCCC1. The summed E-state index contributed by atoms with van der Waals surface area (Å²) in [5.41, 5.74) is 1.42. The van der Waals surface area contributed by atoms with Gasteiger partial charge in [0.15, 0.2) is 0 Å². The molecule has 1 nitrogen and oxygen atoms in total. The van der Waals surface area contributed by atoms with Gasteiger partial charge in [-0.1, -0.05) is 67.3 Å². The highest BCUT2D eigenvalue weighted by molar-refractivity contribution is 6.02. The Bertz CT molecular complexity index is 858. The summed E-state index contributed by atoms with van der Waals surface area (Å²) in [6, 6.07) is 19.8. The topological polar surface area (TPSA) is 3.24 Å². The largest absolute Gasteiger partial charge is 0.288 e. The predicted molar refractivity (Wildman–Crippen MR) is 108 cm³/mol. The maximum Gasteiger partial charge on any atom is 0.0601 e.